The predicted molar refractivity (Wildman–Crippen MR) is 75.6 cm³/mol. The fourth-order valence-electron chi connectivity index (χ4n) is 2.70. The maximum absolute atomic E-state index is 5.69. The van der Waals surface area contributed by atoms with E-state index in [4.69, 9.17) is 10.5 Å². The van der Waals surface area contributed by atoms with Gasteiger partial charge < -0.3 is 15.4 Å². The Morgan fingerprint density at radius 1 is 1.33 bits per heavy atom. The topological polar surface area (TPSA) is 38.5 Å². The van der Waals surface area contributed by atoms with Crippen LogP contribution < -0.4 is 5.73 Å². The molecule has 1 aliphatic heterocycles. The van der Waals surface area contributed by atoms with Gasteiger partial charge in [0, 0.05) is 25.9 Å². The zero-order valence-electron chi connectivity index (χ0n) is 11.3. The lowest BCUT2D eigenvalue weighted by atomic mass is 9.98. The highest BCUT2D eigenvalue weighted by atomic mass is 16.5. The molecule has 1 atom stereocenters. The molecular formula is C15H24N2O. The third kappa shape index (κ3) is 4.00. The zero-order chi connectivity index (χ0) is 12.8. The van der Waals surface area contributed by atoms with Crippen molar-refractivity contribution < 1.29 is 4.74 Å². The minimum atomic E-state index is 0.718. The fourth-order valence-corrected chi connectivity index (χ4v) is 2.70. The molecule has 0 spiro atoms. The van der Waals surface area contributed by atoms with Gasteiger partial charge in [-0.15, -0.1) is 0 Å². The lowest BCUT2D eigenvalue weighted by Gasteiger charge is -2.32. The van der Waals surface area contributed by atoms with Gasteiger partial charge >= 0.3 is 0 Å². The second-order valence-corrected chi connectivity index (χ2v) is 5.26. The molecule has 1 aromatic rings. The van der Waals surface area contributed by atoms with E-state index in [0.29, 0.717) is 0 Å². The van der Waals surface area contributed by atoms with E-state index in [1.54, 1.807) is 7.11 Å². The number of hydrogen-bond donors (Lipinski definition) is 1. The molecule has 1 saturated heterocycles. The van der Waals surface area contributed by atoms with Crippen LogP contribution in [0.15, 0.2) is 24.3 Å². The molecule has 0 saturated carbocycles. The smallest absolute Gasteiger partial charge is 0.0502 e. The first-order valence-electron chi connectivity index (χ1n) is 6.83. The molecule has 1 heterocycles. The van der Waals surface area contributed by atoms with Crippen LogP contribution in [0.4, 0.5) is 5.69 Å². The van der Waals surface area contributed by atoms with Gasteiger partial charge in [0.25, 0.3) is 0 Å². The average molecular weight is 248 g/mol. The number of rotatable bonds is 5. The third-order valence-electron chi connectivity index (χ3n) is 3.70. The van der Waals surface area contributed by atoms with Crippen LogP contribution in [0.25, 0.3) is 0 Å². The number of nitrogens with two attached hydrogens (primary N) is 1. The Hall–Kier alpha value is -1.06. The van der Waals surface area contributed by atoms with Crippen LogP contribution in [0.3, 0.4) is 0 Å². The van der Waals surface area contributed by atoms with Gasteiger partial charge in [-0.05, 0) is 49.4 Å². The van der Waals surface area contributed by atoms with Crippen LogP contribution >= 0.6 is 0 Å². The highest BCUT2D eigenvalue weighted by Gasteiger charge is 2.19. The fraction of sp³-hybridized carbons (Fsp3) is 0.600. The van der Waals surface area contributed by atoms with Gasteiger partial charge in [0.05, 0.1) is 6.61 Å². The molecule has 2 N–H and O–H groups in total. The van der Waals surface area contributed by atoms with Gasteiger partial charge in [-0.25, -0.2) is 0 Å². The molecule has 0 aromatic heterocycles. The lowest BCUT2D eigenvalue weighted by Crippen LogP contribution is -2.38. The lowest BCUT2D eigenvalue weighted by molar-refractivity contribution is 0.0912. The summed E-state index contributed by atoms with van der Waals surface area (Å²) >= 11 is 0. The van der Waals surface area contributed by atoms with Crippen LogP contribution in [0.2, 0.25) is 0 Å². The first-order chi connectivity index (χ1) is 8.78. The first kappa shape index (κ1) is 13.4. The van der Waals surface area contributed by atoms with Crippen molar-refractivity contribution in [2.24, 2.45) is 5.92 Å². The highest BCUT2D eigenvalue weighted by molar-refractivity contribution is 5.39. The molecule has 3 nitrogen and oxygen atoms in total. The number of nitrogen functional groups attached to an aromatic ring is 1. The summed E-state index contributed by atoms with van der Waals surface area (Å²) in [5, 5.41) is 0. The van der Waals surface area contributed by atoms with Crippen LogP contribution in [0.1, 0.15) is 18.4 Å². The Morgan fingerprint density at radius 2 is 2.11 bits per heavy atom. The number of anilines is 1. The second kappa shape index (κ2) is 6.76. The van der Waals surface area contributed by atoms with Gasteiger partial charge in [-0.3, -0.25) is 0 Å². The van der Waals surface area contributed by atoms with Crippen LogP contribution in [0.5, 0.6) is 0 Å². The minimum absolute atomic E-state index is 0.718. The van der Waals surface area contributed by atoms with Crippen molar-refractivity contribution in [2.45, 2.75) is 19.3 Å². The van der Waals surface area contributed by atoms with Gasteiger partial charge in [0.15, 0.2) is 0 Å². The molecule has 2 rings (SSSR count). The number of methoxy groups -OCH3 is 1. The molecule has 1 aliphatic rings. The monoisotopic (exact) mass is 248 g/mol. The van der Waals surface area contributed by atoms with Gasteiger partial charge in [0.2, 0.25) is 0 Å². The van der Waals surface area contributed by atoms with Crippen molar-refractivity contribution in [2.75, 3.05) is 39.1 Å². The number of likely N-dealkylation sites (tertiary alicyclic amines) is 1. The zero-order valence-corrected chi connectivity index (χ0v) is 11.3. The van der Waals surface area contributed by atoms with Crippen LogP contribution in [-0.2, 0) is 11.2 Å². The summed E-state index contributed by atoms with van der Waals surface area (Å²) in [5.41, 5.74) is 7.91. The maximum atomic E-state index is 5.69. The summed E-state index contributed by atoms with van der Waals surface area (Å²) < 4.78 is 5.27. The predicted octanol–water partition coefficient (Wildman–Crippen LogP) is 2.17. The molecule has 1 unspecified atom stereocenters. The number of hydrogen-bond acceptors (Lipinski definition) is 3. The summed E-state index contributed by atoms with van der Waals surface area (Å²) in [4.78, 5) is 2.56. The standard InChI is InChI=1S/C15H24N2O/c1-18-12-14-3-2-9-17(11-14)10-8-13-4-6-15(16)7-5-13/h4-7,14H,2-3,8-12,16H2,1H3. The Kier molecular flexibility index (Phi) is 5.02. The van der Waals surface area contributed by atoms with E-state index in [0.717, 1.165) is 31.2 Å². The first-order valence-corrected chi connectivity index (χ1v) is 6.83. The number of ether oxygens (including phenoxy) is 1. The van der Waals surface area contributed by atoms with Crippen molar-refractivity contribution in [3.63, 3.8) is 0 Å². The third-order valence-corrected chi connectivity index (χ3v) is 3.70. The number of nitrogens with zero attached hydrogens (tertiary/aromatic N) is 1. The molecule has 0 amide bonds. The van der Waals surface area contributed by atoms with Crippen molar-refractivity contribution in [3.05, 3.63) is 29.8 Å². The highest BCUT2D eigenvalue weighted by Crippen LogP contribution is 2.17. The SMILES string of the molecule is COCC1CCCN(CCc2ccc(N)cc2)C1. The van der Waals surface area contributed by atoms with Gasteiger partial charge in [-0.2, -0.15) is 0 Å². The summed E-state index contributed by atoms with van der Waals surface area (Å²) in [5.74, 6) is 0.718. The second-order valence-electron chi connectivity index (χ2n) is 5.26. The molecule has 0 radical (unpaired) electrons. The normalized spacial score (nSPS) is 21.1. The number of piperidine rings is 1. The average Bonchev–Trinajstić information content (AvgIpc) is 2.39. The largest absolute Gasteiger partial charge is 0.399 e. The minimum Gasteiger partial charge on any atom is -0.399 e. The molecule has 0 aliphatic carbocycles. The molecule has 1 aromatic carbocycles. The van der Waals surface area contributed by atoms with E-state index in [1.165, 1.54) is 31.5 Å². The Balaban J connectivity index is 1.77. The van der Waals surface area contributed by atoms with E-state index < -0.39 is 0 Å². The van der Waals surface area contributed by atoms with Crippen molar-refractivity contribution >= 4 is 5.69 Å². The van der Waals surface area contributed by atoms with Crippen LogP contribution in [0, 0.1) is 5.92 Å². The number of benzene rings is 1. The molecule has 0 bridgehead atoms. The quantitative estimate of drug-likeness (QED) is 0.812. The van der Waals surface area contributed by atoms with Gasteiger partial charge in [0.1, 0.15) is 0 Å². The Morgan fingerprint density at radius 3 is 2.83 bits per heavy atom. The van der Waals surface area contributed by atoms with Crippen LogP contribution in [-0.4, -0.2) is 38.3 Å². The van der Waals surface area contributed by atoms with E-state index in [-0.39, 0.29) is 0 Å². The molecule has 100 valence electrons. The maximum Gasteiger partial charge on any atom is 0.0502 e. The summed E-state index contributed by atoms with van der Waals surface area (Å²) in [6.07, 6.45) is 3.72. The summed E-state index contributed by atoms with van der Waals surface area (Å²) in [6.45, 7) is 4.46. The summed E-state index contributed by atoms with van der Waals surface area (Å²) in [7, 11) is 1.80. The van der Waals surface area contributed by atoms with E-state index in [1.807, 2.05) is 12.1 Å². The molecule has 18 heavy (non-hydrogen) atoms. The molecule has 1 fully saturated rings. The Bertz CT molecular complexity index is 348. The van der Waals surface area contributed by atoms with E-state index >= 15 is 0 Å². The molecular weight excluding hydrogens is 224 g/mol. The van der Waals surface area contributed by atoms with Gasteiger partial charge in [-0.1, -0.05) is 12.1 Å². The van der Waals surface area contributed by atoms with Crippen molar-refractivity contribution in [1.82, 2.24) is 4.90 Å². The molecule has 3 heteroatoms. The van der Waals surface area contributed by atoms with Crippen molar-refractivity contribution in [3.8, 4) is 0 Å². The Labute approximate surface area is 110 Å². The summed E-state index contributed by atoms with van der Waals surface area (Å²) in [6, 6.07) is 8.23. The van der Waals surface area contributed by atoms with Crippen molar-refractivity contribution in [1.29, 1.82) is 0 Å². The van der Waals surface area contributed by atoms with E-state index in [2.05, 4.69) is 17.0 Å². The van der Waals surface area contributed by atoms with E-state index in [9.17, 15) is 0 Å².